The lowest BCUT2D eigenvalue weighted by atomic mass is 9.92. The van der Waals surface area contributed by atoms with Gasteiger partial charge >= 0.3 is 0 Å². The monoisotopic (exact) mass is 303 g/mol. The minimum absolute atomic E-state index is 0.0434. The molecule has 2 N–H and O–H groups in total. The fourth-order valence-electron chi connectivity index (χ4n) is 1.38. The van der Waals surface area contributed by atoms with Gasteiger partial charge in [0, 0.05) is 13.6 Å². The quantitative estimate of drug-likeness (QED) is 0.835. The summed E-state index contributed by atoms with van der Waals surface area (Å²) >= 11 is 11.6. The summed E-state index contributed by atoms with van der Waals surface area (Å²) in [6.45, 7) is 3.61. The van der Waals surface area contributed by atoms with Gasteiger partial charge in [0.1, 0.15) is 10.8 Å². The number of nitrogens with zero attached hydrogens (tertiary/aromatic N) is 1. The van der Waals surface area contributed by atoms with Gasteiger partial charge in [-0.3, -0.25) is 9.59 Å². The molecule has 0 spiro atoms. The second kappa shape index (κ2) is 6.21. The van der Waals surface area contributed by atoms with E-state index < -0.39 is 11.3 Å². The smallest absolute Gasteiger partial charge is 0.271 e. The molecular formula is C12H15Cl2N3O2. The van der Waals surface area contributed by atoms with Crippen LogP contribution < -0.4 is 10.6 Å². The third-order valence-corrected chi connectivity index (χ3v) is 3.08. The van der Waals surface area contributed by atoms with E-state index in [0.717, 1.165) is 0 Å². The second-order valence-corrected chi connectivity index (χ2v) is 5.40. The number of amides is 2. The number of pyridine rings is 1. The van der Waals surface area contributed by atoms with Gasteiger partial charge in [0.05, 0.1) is 10.4 Å². The SMILES string of the molecule is CNC(=O)C(C)(C)CNC(=O)c1nc(Cl)ccc1Cl. The van der Waals surface area contributed by atoms with Crippen LogP contribution in [0.5, 0.6) is 0 Å². The number of carbonyl (C=O) groups excluding carboxylic acids is 2. The summed E-state index contributed by atoms with van der Waals surface area (Å²) < 4.78 is 0. The molecule has 0 saturated heterocycles. The minimum atomic E-state index is -0.727. The van der Waals surface area contributed by atoms with E-state index in [1.807, 2.05) is 0 Å². The molecule has 2 amide bonds. The molecule has 0 radical (unpaired) electrons. The minimum Gasteiger partial charge on any atom is -0.359 e. The summed E-state index contributed by atoms with van der Waals surface area (Å²) in [4.78, 5) is 27.4. The molecule has 0 unspecified atom stereocenters. The summed E-state index contributed by atoms with van der Waals surface area (Å²) in [5, 5.41) is 5.54. The number of carbonyl (C=O) groups is 2. The van der Waals surface area contributed by atoms with E-state index in [1.165, 1.54) is 12.1 Å². The van der Waals surface area contributed by atoms with Crippen molar-refractivity contribution in [1.82, 2.24) is 15.6 Å². The Morgan fingerprint density at radius 3 is 2.53 bits per heavy atom. The van der Waals surface area contributed by atoms with Crippen LogP contribution in [0.2, 0.25) is 10.2 Å². The maximum atomic E-state index is 11.9. The maximum Gasteiger partial charge on any atom is 0.271 e. The molecular weight excluding hydrogens is 289 g/mol. The Morgan fingerprint density at radius 1 is 1.32 bits per heavy atom. The van der Waals surface area contributed by atoms with Crippen LogP contribution in [0.4, 0.5) is 0 Å². The molecule has 1 aromatic rings. The van der Waals surface area contributed by atoms with Crippen molar-refractivity contribution in [3.63, 3.8) is 0 Å². The van der Waals surface area contributed by atoms with Crippen molar-refractivity contribution in [3.05, 3.63) is 28.0 Å². The molecule has 0 aliphatic heterocycles. The van der Waals surface area contributed by atoms with E-state index in [9.17, 15) is 9.59 Å². The average molecular weight is 304 g/mol. The summed E-state index contributed by atoms with van der Waals surface area (Å²) in [5.74, 6) is -0.637. The summed E-state index contributed by atoms with van der Waals surface area (Å²) in [6, 6.07) is 2.99. The van der Waals surface area contributed by atoms with Crippen LogP contribution >= 0.6 is 23.2 Å². The third kappa shape index (κ3) is 4.08. The zero-order chi connectivity index (χ0) is 14.6. The van der Waals surface area contributed by atoms with E-state index in [2.05, 4.69) is 15.6 Å². The Kier molecular flexibility index (Phi) is 5.14. The molecule has 5 nitrogen and oxygen atoms in total. The molecule has 0 aliphatic carbocycles. The predicted octanol–water partition coefficient (Wildman–Crippen LogP) is 1.89. The van der Waals surface area contributed by atoms with E-state index in [1.54, 1.807) is 20.9 Å². The van der Waals surface area contributed by atoms with Crippen molar-refractivity contribution in [2.75, 3.05) is 13.6 Å². The van der Waals surface area contributed by atoms with Gasteiger partial charge in [0.2, 0.25) is 5.91 Å². The van der Waals surface area contributed by atoms with Crippen molar-refractivity contribution >= 4 is 35.0 Å². The van der Waals surface area contributed by atoms with E-state index in [-0.39, 0.29) is 28.3 Å². The Morgan fingerprint density at radius 2 is 1.95 bits per heavy atom. The summed E-state index contributed by atoms with van der Waals surface area (Å²) in [6.07, 6.45) is 0. The van der Waals surface area contributed by atoms with Crippen molar-refractivity contribution in [3.8, 4) is 0 Å². The second-order valence-electron chi connectivity index (χ2n) is 4.61. The van der Waals surface area contributed by atoms with Gasteiger partial charge in [-0.1, -0.05) is 23.2 Å². The third-order valence-electron chi connectivity index (χ3n) is 2.56. The van der Waals surface area contributed by atoms with Crippen molar-refractivity contribution in [1.29, 1.82) is 0 Å². The van der Waals surface area contributed by atoms with Crippen LogP contribution in [0.1, 0.15) is 24.3 Å². The first kappa shape index (κ1) is 15.7. The van der Waals surface area contributed by atoms with Gasteiger partial charge in [-0.15, -0.1) is 0 Å². The van der Waals surface area contributed by atoms with Crippen LogP contribution in [-0.4, -0.2) is 30.4 Å². The lowest BCUT2D eigenvalue weighted by molar-refractivity contribution is -0.128. The first-order valence-corrected chi connectivity index (χ1v) is 6.36. The van der Waals surface area contributed by atoms with Crippen LogP contribution in [0.25, 0.3) is 0 Å². The van der Waals surface area contributed by atoms with Gasteiger partial charge in [-0.05, 0) is 26.0 Å². The van der Waals surface area contributed by atoms with Crippen LogP contribution in [0.15, 0.2) is 12.1 Å². The molecule has 7 heteroatoms. The molecule has 0 atom stereocenters. The lowest BCUT2D eigenvalue weighted by Crippen LogP contribution is -2.43. The number of rotatable bonds is 4. The van der Waals surface area contributed by atoms with E-state index in [0.29, 0.717) is 0 Å². The summed E-state index contributed by atoms with van der Waals surface area (Å²) in [5.41, 5.74) is -0.683. The maximum absolute atomic E-state index is 11.9. The van der Waals surface area contributed by atoms with Crippen LogP contribution in [-0.2, 0) is 4.79 Å². The topological polar surface area (TPSA) is 71.1 Å². The molecule has 1 rings (SSSR count). The Labute approximate surface area is 121 Å². The average Bonchev–Trinajstić information content (AvgIpc) is 2.37. The van der Waals surface area contributed by atoms with Gasteiger partial charge in [-0.2, -0.15) is 0 Å². The molecule has 1 heterocycles. The lowest BCUT2D eigenvalue weighted by Gasteiger charge is -2.22. The molecule has 0 bridgehead atoms. The number of nitrogens with one attached hydrogen (secondary N) is 2. The Bertz CT molecular complexity index is 504. The molecule has 19 heavy (non-hydrogen) atoms. The predicted molar refractivity (Wildman–Crippen MR) is 74.4 cm³/mol. The molecule has 0 aliphatic rings. The largest absolute Gasteiger partial charge is 0.359 e. The fourth-order valence-corrected chi connectivity index (χ4v) is 1.72. The molecule has 104 valence electrons. The van der Waals surface area contributed by atoms with Crippen molar-refractivity contribution in [2.45, 2.75) is 13.8 Å². The first-order chi connectivity index (χ1) is 8.77. The molecule has 0 fully saturated rings. The van der Waals surface area contributed by atoms with Gasteiger partial charge in [0.15, 0.2) is 0 Å². The molecule has 1 aromatic heterocycles. The van der Waals surface area contributed by atoms with Gasteiger partial charge < -0.3 is 10.6 Å². The fraction of sp³-hybridized carbons (Fsp3) is 0.417. The highest BCUT2D eigenvalue weighted by Crippen LogP contribution is 2.18. The highest BCUT2D eigenvalue weighted by atomic mass is 35.5. The number of hydrogen-bond donors (Lipinski definition) is 2. The number of halogens is 2. The first-order valence-electron chi connectivity index (χ1n) is 5.60. The zero-order valence-corrected chi connectivity index (χ0v) is 12.4. The zero-order valence-electron chi connectivity index (χ0n) is 10.9. The normalized spacial score (nSPS) is 11.0. The van der Waals surface area contributed by atoms with Gasteiger partial charge in [0.25, 0.3) is 5.91 Å². The molecule has 0 saturated carbocycles. The van der Waals surface area contributed by atoms with Crippen LogP contribution in [0.3, 0.4) is 0 Å². The summed E-state index contributed by atoms with van der Waals surface area (Å²) in [7, 11) is 1.54. The highest BCUT2D eigenvalue weighted by molar-refractivity contribution is 6.34. The number of aromatic nitrogens is 1. The highest BCUT2D eigenvalue weighted by Gasteiger charge is 2.27. The van der Waals surface area contributed by atoms with Crippen LogP contribution in [0, 0.1) is 5.41 Å². The number of hydrogen-bond acceptors (Lipinski definition) is 3. The Balaban J connectivity index is 2.76. The van der Waals surface area contributed by atoms with Crippen molar-refractivity contribution < 1.29 is 9.59 Å². The van der Waals surface area contributed by atoms with E-state index in [4.69, 9.17) is 23.2 Å². The van der Waals surface area contributed by atoms with Crippen molar-refractivity contribution in [2.24, 2.45) is 5.41 Å². The Hall–Kier alpha value is -1.33. The van der Waals surface area contributed by atoms with E-state index >= 15 is 0 Å². The molecule has 0 aromatic carbocycles. The standard InChI is InChI=1S/C12H15Cl2N3O2/c1-12(2,11(19)15-3)6-16-10(18)9-7(13)4-5-8(14)17-9/h4-5H,6H2,1-3H3,(H,15,19)(H,16,18). The van der Waals surface area contributed by atoms with Gasteiger partial charge in [-0.25, -0.2) is 4.98 Å².